The fourth-order valence-electron chi connectivity index (χ4n) is 4.69. The summed E-state index contributed by atoms with van der Waals surface area (Å²) >= 11 is 0. The highest BCUT2D eigenvalue weighted by Crippen LogP contribution is 2.49. The smallest absolute Gasteiger partial charge is 0.422 e. The fraction of sp³-hybridized carbons (Fsp3) is 0.619. The summed E-state index contributed by atoms with van der Waals surface area (Å²) in [6, 6.07) is 6.02. The van der Waals surface area contributed by atoms with E-state index >= 15 is 0 Å². The minimum atomic E-state index is -4.41. The van der Waals surface area contributed by atoms with E-state index in [1.165, 1.54) is 17.0 Å². The van der Waals surface area contributed by atoms with Gasteiger partial charge in [-0.05, 0) is 56.4 Å². The first-order valence-electron chi connectivity index (χ1n) is 10.4. The van der Waals surface area contributed by atoms with Gasteiger partial charge in [0.1, 0.15) is 12.4 Å². The second-order valence-electron chi connectivity index (χ2n) is 8.65. The van der Waals surface area contributed by atoms with Crippen LogP contribution in [0.25, 0.3) is 0 Å². The van der Waals surface area contributed by atoms with Crippen molar-refractivity contribution in [3.05, 3.63) is 24.3 Å². The summed E-state index contributed by atoms with van der Waals surface area (Å²) in [5, 5.41) is 10.9. The monoisotopic (exact) mass is 442 g/mol. The van der Waals surface area contributed by atoms with Gasteiger partial charge in [0.2, 0.25) is 5.91 Å². The maximum Gasteiger partial charge on any atom is 0.422 e. The number of aliphatic hydroxyl groups is 1. The minimum absolute atomic E-state index is 0.0286. The molecule has 0 radical (unpaired) electrons. The number of β-amino-alcohol motifs (C(OH)–C–C–N with tert-alkyl or cyclic N) is 1. The molecule has 0 atom stereocenters. The van der Waals surface area contributed by atoms with Crippen LogP contribution in [0.3, 0.4) is 0 Å². The first-order chi connectivity index (χ1) is 14.6. The number of alkyl halides is 3. The van der Waals surface area contributed by atoms with Crippen LogP contribution < -0.4 is 9.64 Å². The van der Waals surface area contributed by atoms with Crippen LogP contribution in [0.1, 0.15) is 32.1 Å². The van der Waals surface area contributed by atoms with E-state index in [2.05, 4.69) is 0 Å². The highest BCUT2D eigenvalue weighted by Gasteiger charge is 2.52. The van der Waals surface area contributed by atoms with E-state index in [1.807, 2.05) is 0 Å². The zero-order valence-electron chi connectivity index (χ0n) is 17.0. The lowest BCUT2D eigenvalue weighted by Crippen LogP contribution is -2.49. The van der Waals surface area contributed by atoms with Crippen LogP contribution >= 0.6 is 0 Å². The number of hydrogen-bond acceptors (Lipinski definition) is 5. The Labute approximate surface area is 177 Å². The van der Waals surface area contributed by atoms with Crippen molar-refractivity contribution in [2.75, 3.05) is 37.7 Å². The third-order valence-corrected chi connectivity index (χ3v) is 6.53. The number of nitrogens with zero attached hydrogens (tertiary/aromatic N) is 2. The van der Waals surface area contributed by atoms with Gasteiger partial charge < -0.3 is 24.4 Å². The van der Waals surface area contributed by atoms with Gasteiger partial charge in [0, 0.05) is 12.2 Å². The Morgan fingerprint density at radius 3 is 2.29 bits per heavy atom. The van der Waals surface area contributed by atoms with Crippen molar-refractivity contribution in [3.63, 3.8) is 0 Å². The summed E-state index contributed by atoms with van der Waals surface area (Å²) in [4.78, 5) is 28.0. The van der Waals surface area contributed by atoms with E-state index in [-0.39, 0.29) is 18.2 Å². The maximum atomic E-state index is 13.2. The number of cyclic esters (lactones) is 1. The summed E-state index contributed by atoms with van der Waals surface area (Å²) in [5.74, 6) is 0.0599. The summed E-state index contributed by atoms with van der Waals surface area (Å²) in [6.07, 6.45) is -2.29. The largest absolute Gasteiger partial charge is 0.484 e. The Morgan fingerprint density at radius 1 is 1.03 bits per heavy atom. The second-order valence-corrected chi connectivity index (χ2v) is 8.65. The van der Waals surface area contributed by atoms with Gasteiger partial charge in [0.05, 0.1) is 24.1 Å². The molecule has 0 bridgehead atoms. The number of ether oxygens (including phenoxy) is 2. The first kappa shape index (κ1) is 21.7. The lowest BCUT2D eigenvalue weighted by atomic mass is 9.67. The average Bonchev–Trinajstić information content (AvgIpc) is 3.26. The maximum absolute atomic E-state index is 13.2. The van der Waals surface area contributed by atoms with E-state index in [1.54, 1.807) is 17.0 Å². The highest BCUT2D eigenvalue weighted by molar-refractivity contribution is 6.00. The molecule has 10 heteroatoms. The number of anilines is 1. The van der Waals surface area contributed by atoms with Gasteiger partial charge in [-0.1, -0.05) is 0 Å². The Morgan fingerprint density at radius 2 is 1.71 bits per heavy atom. The molecule has 1 aromatic carbocycles. The van der Waals surface area contributed by atoms with Gasteiger partial charge in [0.15, 0.2) is 6.61 Å². The van der Waals surface area contributed by atoms with Crippen LogP contribution in [0.5, 0.6) is 5.75 Å². The fourth-order valence-corrected chi connectivity index (χ4v) is 4.69. The number of amides is 2. The molecule has 3 fully saturated rings. The molecule has 170 valence electrons. The van der Waals surface area contributed by atoms with Crippen molar-refractivity contribution in [2.24, 2.45) is 5.41 Å². The summed E-state index contributed by atoms with van der Waals surface area (Å²) in [7, 11) is 0. The Bertz CT molecular complexity index is 834. The van der Waals surface area contributed by atoms with Gasteiger partial charge in [-0.25, -0.2) is 4.79 Å². The second kappa shape index (κ2) is 7.89. The van der Waals surface area contributed by atoms with Crippen molar-refractivity contribution in [3.8, 4) is 5.75 Å². The molecule has 31 heavy (non-hydrogen) atoms. The number of halogens is 3. The molecule has 1 aliphatic carbocycles. The normalized spacial score (nSPS) is 29.0. The van der Waals surface area contributed by atoms with E-state index in [0.29, 0.717) is 57.5 Å². The third kappa shape index (κ3) is 4.58. The average molecular weight is 442 g/mol. The lowest BCUT2D eigenvalue weighted by molar-refractivity contribution is -0.153. The molecule has 7 nitrogen and oxygen atoms in total. The summed E-state index contributed by atoms with van der Waals surface area (Å²) in [6.45, 7) is 0.141. The van der Waals surface area contributed by atoms with Crippen molar-refractivity contribution in [2.45, 2.75) is 43.9 Å². The predicted molar refractivity (Wildman–Crippen MR) is 104 cm³/mol. The Hall–Kier alpha value is -2.49. The molecule has 0 aromatic heterocycles. The van der Waals surface area contributed by atoms with E-state index in [4.69, 9.17) is 9.47 Å². The molecular formula is C21H25F3N2O5. The minimum Gasteiger partial charge on any atom is -0.484 e. The van der Waals surface area contributed by atoms with Crippen LogP contribution in [0.2, 0.25) is 0 Å². The van der Waals surface area contributed by atoms with E-state index in [0.717, 1.165) is 0 Å². The first-order valence-corrected chi connectivity index (χ1v) is 10.4. The molecule has 1 saturated carbocycles. The molecule has 2 aliphatic heterocycles. The van der Waals surface area contributed by atoms with E-state index < -0.39 is 29.9 Å². The molecular weight excluding hydrogens is 417 g/mol. The van der Waals surface area contributed by atoms with Crippen LogP contribution in [0, 0.1) is 5.41 Å². The van der Waals surface area contributed by atoms with Crippen molar-refractivity contribution >= 4 is 17.7 Å². The number of carbonyl (C=O) groups is 2. The van der Waals surface area contributed by atoms with Crippen LogP contribution in [0.4, 0.5) is 23.7 Å². The van der Waals surface area contributed by atoms with Gasteiger partial charge >= 0.3 is 12.3 Å². The number of rotatable bonds is 5. The number of hydrogen-bond donors (Lipinski definition) is 1. The van der Waals surface area contributed by atoms with Crippen molar-refractivity contribution < 1.29 is 37.3 Å². The highest BCUT2D eigenvalue weighted by atomic mass is 19.4. The third-order valence-electron chi connectivity index (χ3n) is 6.53. The zero-order valence-corrected chi connectivity index (χ0v) is 17.0. The molecule has 3 aliphatic rings. The molecule has 2 saturated heterocycles. The van der Waals surface area contributed by atoms with Crippen LogP contribution in [-0.4, -0.2) is 66.6 Å². The predicted octanol–water partition coefficient (Wildman–Crippen LogP) is 3.11. The summed E-state index contributed by atoms with van der Waals surface area (Å²) in [5.41, 5.74) is -0.968. The van der Waals surface area contributed by atoms with Crippen molar-refractivity contribution in [1.29, 1.82) is 0 Å². The molecule has 2 heterocycles. The van der Waals surface area contributed by atoms with Crippen LogP contribution in [-0.2, 0) is 9.53 Å². The Kier molecular flexibility index (Phi) is 5.53. The van der Waals surface area contributed by atoms with Gasteiger partial charge in [-0.15, -0.1) is 0 Å². The molecule has 0 unspecified atom stereocenters. The quantitative estimate of drug-likeness (QED) is 0.758. The Balaban J connectivity index is 1.36. The van der Waals surface area contributed by atoms with E-state index in [9.17, 15) is 27.9 Å². The lowest BCUT2D eigenvalue weighted by Gasteiger charge is -2.42. The number of benzene rings is 1. The zero-order chi connectivity index (χ0) is 22.3. The van der Waals surface area contributed by atoms with Gasteiger partial charge in [0.25, 0.3) is 0 Å². The van der Waals surface area contributed by atoms with Gasteiger partial charge in [-0.3, -0.25) is 4.79 Å². The molecule has 4 rings (SSSR count). The SMILES string of the molecule is O=C1OCCN1C[C@]1(O)CC[C@]2(CCN(c3ccc(OCC(F)(F)F)cc3)C2=O)CC1. The molecule has 1 spiro atoms. The van der Waals surface area contributed by atoms with Crippen LogP contribution in [0.15, 0.2) is 24.3 Å². The molecule has 2 amide bonds. The molecule has 1 aromatic rings. The van der Waals surface area contributed by atoms with Gasteiger partial charge in [-0.2, -0.15) is 13.2 Å². The number of carbonyl (C=O) groups excluding carboxylic acids is 2. The topological polar surface area (TPSA) is 79.3 Å². The standard InChI is InChI=1S/C21H25F3N2O5/c22-21(23,24)14-31-16-3-1-15(2-4-16)26-10-9-19(17(26)27)5-7-20(29,8-6-19)13-25-11-12-30-18(25)28/h1-4,29H,5-14H2/t19-,20+. The molecule has 1 N–H and O–H groups in total. The van der Waals surface area contributed by atoms with Crippen molar-refractivity contribution in [1.82, 2.24) is 4.90 Å². The summed E-state index contributed by atoms with van der Waals surface area (Å²) < 4.78 is 46.5.